The van der Waals surface area contributed by atoms with Crippen LogP contribution in [0, 0.1) is 13.8 Å². The SMILES string of the molecule is Cc1ccc2c(c1C)NC(=O)C1CNCC(=O)N21. The van der Waals surface area contributed by atoms with E-state index in [1.54, 1.807) is 4.90 Å². The minimum absolute atomic E-state index is 0.0504. The minimum atomic E-state index is -0.430. The van der Waals surface area contributed by atoms with Crippen LogP contribution in [0.3, 0.4) is 0 Å². The molecule has 1 aromatic rings. The Balaban J connectivity index is 2.18. The first-order valence-electron chi connectivity index (χ1n) is 6.03. The number of anilines is 2. The predicted molar refractivity (Wildman–Crippen MR) is 68.7 cm³/mol. The van der Waals surface area contributed by atoms with Crippen LogP contribution in [0.15, 0.2) is 12.1 Å². The molecule has 1 unspecified atom stereocenters. The maximum Gasteiger partial charge on any atom is 0.248 e. The first-order chi connectivity index (χ1) is 8.59. The van der Waals surface area contributed by atoms with E-state index < -0.39 is 6.04 Å². The molecule has 1 atom stereocenters. The van der Waals surface area contributed by atoms with Crippen LogP contribution in [-0.4, -0.2) is 30.9 Å². The molecule has 3 rings (SSSR count). The van der Waals surface area contributed by atoms with Crippen LogP contribution in [0.25, 0.3) is 0 Å². The number of piperazine rings is 1. The van der Waals surface area contributed by atoms with Crippen LogP contribution in [0.4, 0.5) is 11.4 Å². The maximum absolute atomic E-state index is 12.1. The normalized spacial score (nSPS) is 22.3. The molecular formula is C13H15N3O2. The van der Waals surface area contributed by atoms with Crippen LogP contribution < -0.4 is 15.5 Å². The largest absolute Gasteiger partial charge is 0.322 e. The van der Waals surface area contributed by atoms with Crippen molar-refractivity contribution >= 4 is 23.2 Å². The summed E-state index contributed by atoms with van der Waals surface area (Å²) in [5, 5.41) is 5.88. The molecule has 1 fully saturated rings. The van der Waals surface area contributed by atoms with Gasteiger partial charge in [0.1, 0.15) is 6.04 Å². The van der Waals surface area contributed by atoms with Gasteiger partial charge in [0, 0.05) is 6.54 Å². The van der Waals surface area contributed by atoms with Crippen molar-refractivity contribution in [3.05, 3.63) is 23.3 Å². The summed E-state index contributed by atoms with van der Waals surface area (Å²) in [5.74, 6) is -0.164. The van der Waals surface area contributed by atoms with Crippen molar-refractivity contribution in [1.29, 1.82) is 0 Å². The molecule has 18 heavy (non-hydrogen) atoms. The number of hydrogen-bond donors (Lipinski definition) is 2. The number of nitrogens with one attached hydrogen (secondary N) is 2. The van der Waals surface area contributed by atoms with Crippen molar-refractivity contribution in [2.24, 2.45) is 0 Å². The second kappa shape index (κ2) is 3.81. The molecule has 2 aliphatic rings. The molecule has 2 amide bonds. The third kappa shape index (κ3) is 1.44. The highest BCUT2D eigenvalue weighted by Crippen LogP contribution is 2.36. The lowest BCUT2D eigenvalue weighted by molar-refractivity contribution is -0.124. The monoisotopic (exact) mass is 245 g/mol. The first kappa shape index (κ1) is 11.2. The number of hydrogen-bond acceptors (Lipinski definition) is 3. The Kier molecular flexibility index (Phi) is 2.38. The van der Waals surface area contributed by atoms with Gasteiger partial charge in [0.25, 0.3) is 0 Å². The highest BCUT2D eigenvalue weighted by atomic mass is 16.2. The zero-order valence-electron chi connectivity index (χ0n) is 10.4. The van der Waals surface area contributed by atoms with Crippen LogP contribution in [0.1, 0.15) is 11.1 Å². The lowest BCUT2D eigenvalue weighted by Gasteiger charge is -2.40. The molecule has 1 aromatic carbocycles. The fourth-order valence-electron chi connectivity index (χ4n) is 2.54. The van der Waals surface area contributed by atoms with Gasteiger partial charge in [0.2, 0.25) is 11.8 Å². The van der Waals surface area contributed by atoms with Crippen molar-refractivity contribution in [3.63, 3.8) is 0 Å². The molecule has 2 heterocycles. The highest BCUT2D eigenvalue weighted by molar-refractivity contribution is 6.13. The molecule has 2 N–H and O–H groups in total. The summed E-state index contributed by atoms with van der Waals surface area (Å²) in [5.41, 5.74) is 3.71. The molecular weight excluding hydrogens is 230 g/mol. The molecule has 0 radical (unpaired) electrons. The second-order valence-corrected chi connectivity index (χ2v) is 4.80. The number of benzene rings is 1. The number of carbonyl (C=O) groups is 2. The molecule has 5 nitrogen and oxygen atoms in total. The van der Waals surface area contributed by atoms with Gasteiger partial charge in [-0.05, 0) is 31.0 Å². The van der Waals surface area contributed by atoms with Crippen molar-refractivity contribution in [2.45, 2.75) is 19.9 Å². The van der Waals surface area contributed by atoms with E-state index in [-0.39, 0.29) is 18.4 Å². The summed E-state index contributed by atoms with van der Waals surface area (Å²) < 4.78 is 0. The van der Waals surface area contributed by atoms with Gasteiger partial charge in [-0.3, -0.25) is 14.5 Å². The summed E-state index contributed by atoms with van der Waals surface area (Å²) in [6.45, 7) is 4.75. The fraction of sp³-hybridized carbons (Fsp3) is 0.385. The lowest BCUT2D eigenvalue weighted by atomic mass is 10.00. The molecule has 0 aliphatic carbocycles. The van der Waals surface area contributed by atoms with E-state index in [2.05, 4.69) is 10.6 Å². The van der Waals surface area contributed by atoms with E-state index >= 15 is 0 Å². The van der Waals surface area contributed by atoms with Crippen LogP contribution in [0.5, 0.6) is 0 Å². The number of aryl methyl sites for hydroxylation is 1. The topological polar surface area (TPSA) is 61.4 Å². The zero-order chi connectivity index (χ0) is 12.9. The van der Waals surface area contributed by atoms with Gasteiger partial charge in [0.15, 0.2) is 0 Å². The van der Waals surface area contributed by atoms with Crippen molar-refractivity contribution in [2.75, 3.05) is 23.3 Å². The Morgan fingerprint density at radius 1 is 1.28 bits per heavy atom. The molecule has 1 saturated heterocycles. The second-order valence-electron chi connectivity index (χ2n) is 4.80. The predicted octanol–water partition coefficient (Wildman–Crippen LogP) is 0.560. The Morgan fingerprint density at radius 3 is 2.83 bits per heavy atom. The molecule has 2 aliphatic heterocycles. The molecule has 0 saturated carbocycles. The summed E-state index contributed by atoms with van der Waals surface area (Å²) in [4.78, 5) is 25.7. The Labute approximate surface area is 105 Å². The van der Waals surface area contributed by atoms with Crippen LogP contribution >= 0.6 is 0 Å². The van der Waals surface area contributed by atoms with E-state index in [9.17, 15) is 9.59 Å². The number of rotatable bonds is 0. The third-order valence-electron chi connectivity index (χ3n) is 3.72. The van der Waals surface area contributed by atoms with Gasteiger partial charge in [-0.2, -0.15) is 0 Å². The smallest absolute Gasteiger partial charge is 0.248 e. The van der Waals surface area contributed by atoms with E-state index in [0.29, 0.717) is 6.54 Å². The molecule has 0 bridgehead atoms. The standard InChI is InChI=1S/C13H15N3O2/c1-7-3-4-9-12(8(7)2)15-13(18)10-5-14-6-11(17)16(9)10/h3-4,10,14H,5-6H2,1-2H3,(H,15,18). The van der Waals surface area contributed by atoms with Crippen molar-refractivity contribution < 1.29 is 9.59 Å². The van der Waals surface area contributed by atoms with E-state index in [1.807, 2.05) is 26.0 Å². The molecule has 94 valence electrons. The minimum Gasteiger partial charge on any atom is -0.322 e. The fourth-order valence-corrected chi connectivity index (χ4v) is 2.54. The zero-order valence-corrected chi connectivity index (χ0v) is 10.4. The summed E-state index contributed by atoms with van der Waals surface area (Å²) in [6.07, 6.45) is 0. The molecule has 5 heteroatoms. The average molecular weight is 245 g/mol. The third-order valence-corrected chi connectivity index (χ3v) is 3.72. The van der Waals surface area contributed by atoms with Gasteiger partial charge in [-0.15, -0.1) is 0 Å². The number of nitrogens with zero attached hydrogens (tertiary/aromatic N) is 1. The van der Waals surface area contributed by atoms with E-state index in [4.69, 9.17) is 0 Å². The van der Waals surface area contributed by atoms with Gasteiger partial charge in [-0.1, -0.05) is 6.07 Å². The average Bonchev–Trinajstić information content (AvgIpc) is 2.35. The first-order valence-corrected chi connectivity index (χ1v) is 6.03. The summed E-state index contributed by atoms with van der Waals surface area (Å²) >= 11 is 0. The van der Waals surface area contributed by atoms with E-state index in [0.717, 1.165) is 22.5 Å². The number of amides is 2. The van der Waals surface area contributed by atoms with Crippen molar-refractivity contribution in [1.82, 2.24) is 5.32 Å². The summed E-state index contributed by atoms with van der Waals surface area (Å²) in [6, 6.07) is 3.46. The lowest BCUT2D eigenvalue weighted by Crippen LogP contribution is -2.61. The summed E-state index contributed by atoms with van der Waals surface area (Å²) in [7, 11) is 0. The quantitative estimate of drug-likeness (QED) is 0.702. The number of fused-ring (bicyclic) bond motifs is 3. The molecule has 0 aromatic heterocycles. The van der Waals surface area contributed by atoms with Gasteiger partial charge in [-0.25, -0.2) is 0 Å². The Hall–Kier alpha value is -1.88. The Morgan fingerprint density at radius 2 is 2.06 bits per heavy atom. The number of carbonyl (C=O) groups excluding carboxylic acids is 2. The van der Waals surface area contributed by atoms with Gasteiger partial charge >= 0.3 is 0 Å². The highest BCUT2D eigenvalue weighted by Gasteiger charge is 2.39. The van der Waals surface area contributed by atoms with E-state index in [1.165, 1.54) is 0 Å². The molecule has 0 spiro atoms. The maximum atomic E-state index is 12.1. The Bertz CT molecular complexity index is 553. The van der Waals surface area contributed by atoms with Crippen molar-refractivity contribution in [3.8, 4) is 0 Å². The van der Waals surface area contributed by atoms with Crippen LogP contribution in [-0.2, 0) is 9.59 Å². The van der Waals surface area contributed by atoms with Gasteiger partial charge < -0.3 is 10.6 Å². The van der Waals surface area contributed by atoms with Gasteiger partial charge in [0.05, 0.1) is 17.9 Å². The van der Waals surface area contributed by atoms with Crippen LogP contribution in [0.2, 0.25) is 0 Å².